The number of halogens is 3. The molecule has 0 saturated heterocycles. The van der Waals surface area contributed by atoms with Gasteiger partial charge < -0.3 is 19.7 Å². The van der Waals surface area contributed by atoms with E-state index in [1.807, 2.05) is 0 Å². The summed E-state index contributed by atoms with van der Waals surface area (Å²) in [5, 5.41) is 23.5. The molecule has 0 aliphatic heterocycles. The maximum atomic E-state index is 14.1. The monoisotopic (exact) mass is 564 g/mol. The highest BCUT2D eigenvalue weighted by Crippen LogP contribution is 2.71. The van der Waals surface area contributed by atoms with Crippen molar-refractivity contribution in [2.75, 3.05) is 6.61 Å². The minimum Gasteiger partial charge on any atom is -0.465 e. The summed E-state index contributed by atoms with van der Waals surface area (Å²) in [6.45, 7) is 9.26. The topological polar surface area (TPSA) is 110 Å². The van der Waals surface area contributed by atoms with Gasteiger partial charge in [-0.3, -0.25) is 9.59 Å². The van der Waals surface area contributed by atoms with Crippen molar-refractivity contribution in [3.63, 3.8) is 0 Å². The maximum absolute atomic E-state index is 14.1. The van der Waals surface area contributed by atoms with E-state index >= 15 is 0 Å². The summed E-state index contributed by atoms with van der Waals surface area (Å²) in [4.78, 5) is 39.4. The van der Waals surface area contributed by atoms with Gasteiger partial charge in [-0.2, -0.15) is 13.2 Å². The van der Waals surface area contributed by atoms with Gasteiger partial charge in [-0.1, -0.05) is 32.9 Å². The molecule has 2 bridgehead atoms. The first-order chi connectivity index (χ1) is 18.6. The zero-order valence-corrected chi connectivity index (χ0v) is 22.8. The predicted octanol–water partition coefficient (Wildman–Crippen LogP) is 4.49. The van der Waals surface area contributed by atoms with Gasteiger partial charge >= 0.3 is 18.1 Å². The molecule has 2 N–H and O–H groups in total. The standard InChI is InChI=1S/C30H35F3O7/c1-15-19-12-20(35)23-28(14-39-16(2)34)10-6-9-27(3,4)21(28)13-22(36)29(23,24(15)37)25(19)40-26(38)17-7-5-8-18(11-17)30(31,32)33/h5,7-8,11,19-23,25,35-36H,1,6,9-10,12-14H2,2-4H3/t19-,20+,21-,22-,23+,25-,28+,29-/m1/s1. The van der Waals surface area contributed by atoms with Gasteiger partial charge in [0.05, 0.1) is 29.9 Å². The molecular formula is C30H35F3O7. The highest BCUT2D eigenvalue weighted by molar-refractivity contribution is 6.05. The van der Waals surface area contributed by atoms with Crippen LogP contribution in [0.3, 0.4) is 0 Å². The number of ketones is 1. The van der Waals surface area contributed by atoms with E-state index in [4.69, 9.17) is 9.47 Å². The Morgan fingerprint density at radius 2 is 1.85 bits per heavy atom. The Morgan fingerprint density at radius 3 is 2.50 bits per heavy atom. The van der Waals surface area contributed by atoms with Crippen molar-refractivity contribution in [3.8, 4) is 0 Å². The number of hydrogen-bond acceptors (Lipinski definition) is 7. The fraction of sp³-hybridized carbons (Fsp3) is 0.633. The number of hydrogen-bond donors (Lipinski definition) is 2. The zero-order chi connectivity index (χ0) is 29.4. The molecule has 8 atom stereocenters. The molecule has 0 unspecified atom stereocenters. The Labute approximate surface area is 230 Å². The Balaban J connectivity index is 1.62. The molecular weight excluding hydrogens is 529 g/mol. The van der Waals surface area contributed by atoms with Crippen LogP contribution >= 0.6 is 0 Å². The summed E-state index contributed by atoms with van der Waals surface area (Å²) in [7, 11) is 0. The van der Waals surface area contributed by atoms with Crippen molar-refractivity contribution in [2.24, 2.45) is 34.0 Å². The molecule has 0 heterocycles. The molecule has 4 saturated carbocycles. The van der Waals surface area contributed by atoms with Crippen molar-refractivity contribution >= 4 is 17.7 Å². The third-order valence-corrected chi connectivity index (χ3v) is 10.3. The van der Waals surface area contributed by atoms with Crippen LogP contribution < -0.4 is 0 Å². The first-order valence-corrected chi connectivity index (χ1v) is 13.7. The summed E-state index contributed by atoms with van der Waals surface area (Å²) < 4.78 is 51.5. The maximum Gasteiger partial charge on any atom is 0.416 e. The lowest BCUT2D eigenvalue weighted by molar-refractivity contribution is -0.264. The Hall–Kier alpha value is -2.72. The third kappa shape index (κ3) is 4.04. The molecule has 0 radical (unpaired) electrons. The molecule has 5 rings (SSSR count). The third-order valence-electron chi connectivity index (χ3n) is 10.3. The van der Waals surface area contributed by atoms with Gasteiger partial charge in [-0.05, 0) is 60.8 Å². The van der Waals surface area contributed by atoms with E-state index in [9.17, 15) is 37.8 Å². The zero-order valence-electron chi connectivity index (χ0n) is 22.8. The number of ether oxygens (including phenoxy) is 2. The Bertz CT molecular complexity index is 1260. The summed E-state index contributed by atoms with van der Waals surface area (Å²) in [5.41, 5.74) is -4.26. The largest absolute Gasteiger partial charge is 0.465 e. The Morgan fingerprint density at radius 1 is 1.15 bits per heavy atom. The minimum absolute atomic E-state index is 0.0131. The number of benzene rings is 1. The molecule has 4 aliphatic rings. The molecule has 0 aromatic heterocycles. The van der Waals surface area contributed by atoms with Crippen LogP contribution in [0.5, 0.6) is 0 Å². The molecule has 0 amide bonds. The van der Waals surface area contributed by atoms with Gasteiger partial charge in [0.1, 0.15) is 11.5 Å². The van der Waals surface area contributed by atoms with Gasteiger partial charge in [0, 0.05) is 24.2 Å². The van der Waals surface area contributed by atoms with E-state index in [-0.39, 0.29) is 41.9 Å². The van der Waals surface area contributed by atoms with Crippen LogP contribution in [0.1, 0.15) is 68.8 Å². The van der Waals surface area contributed by atoms with Gasteiger partial charge in [-0.25, -0.2) is 4.79 Å². The fourth-order valence-corrected chi connectivity index (χ4v) is 8.83. The van der Waals surface area contributed by atoms with Crippen LogP contribution in [0.4, 0.5) is 13.2 Å². The SMILES string of the molecule is C=C1C(=O)[C@@]23[C@H](O)C[C@@H]4C(C)(C)CCC[C@@]4(COC(C)=O)[C@@H]2[C@@H](O)C[C@H]1[C@H]3OC(=O)c1cccc(C(F)(F)F)c1. The van der Waals surface area contributed by atoms with Crippen molar-refractivity contribution in [1.29, 1.82) is 0 Å². The highest BCUT2D eigenvalue weighted by atomic mass is 19.4. The van der Waals surface area contributed by atoms with Crippen molar-refractivity contribution < 1.29 is 47.2 Å². The average Bonchev–Trinajstić information content (AvgIpc) is 3.00. The van der Waals surface area contributed by atoms with Crippen LogP contribution in [0, 0.1) is 34.0 Å². The van der Waals surface area contributed by atoms with E-state index in [1.54, 1.807) is 0 Å². The van der Waals surface area contributed by atoms with Gasteiger partial charge in [0.15, 0.2) is 5.78 Å². The second kappa shape index (κ2) is 9.41. The predicted molar refractivity (Wildman–Crippen MR) is 136 cm³/mol. The summed E-state index contributed by atoms with van der Waals surface area (Å²) in [5.74, 6) is -4.08. The number of alkyl halides is 3. The van der Waals surface area contributed by atoms with E-state index in [0.29, 0.717) is 12.5 Å². The summed E-state index contributed by atoms with van der Waals surface area (Å²) >= 11 is 0. The normalized spacial score (nSPS) is 38.3. The lowest BCUT2D eigenvalue weighted by atomic mass is 9.39. The van der Waals surface area contributed by atoms with Crippen LogP contribution in [-0.4, -0.2) is 52.9 Å². The second-order valence-corrected chi connectivity index (χ2v) is 12.7. The molecule has 4 aliphatic carbocycles. The van der Waals surface area contributed by atoms with Crippen molar-refractivity contribution in [1.82, 2.24) is 0 Å². The van der Waals surface area contributed by atoms with Gasteiger partial charge in [-0.15, -0.1) is 0 Å². The molecule has 218 valence electrons. The van der Waals surface area contributed by atoms with Crippen LogP contribution in [0.15, 0.2) is 36.4 Å². The van der Waals surface area contributed by atoms with E-state index < -0.39 is 70.4 Å². The Kier molecular flexibility index (Phi) is 6.77. The summed E-state index contributed by atoms with van der Waals surface area (Å²) in [6.07, 6.45) is -6.12. The first-order valence-electron chi connectivity index (χ1n) is 13.7. The average molecular weight is 565 g/mol. The van der Waals surface area contributed by atoms with Gasteiger partial charge in [0.25, 0.3) is 0 Å². The van der Waals surface area contributed by atoms with Crippen LogP contribution in [0.25, 0.3) is 0 Å². The van der Waals surface area contributed by atoms with Gasteiger partial charge in [0.2, 0.25) is 0 Å². The molecule has 4 fully saturated rings. The molecule has 40 heavy (non-hydrogen) atoms. The lowest BCUT2D eigenvalue weighted by Crippen LogP contribution is -2.72. The van der Waals surface area contributed by atoms with E-state index in [0.717, 1.165) is 25.0 Å². The van der Waals surface area contributed by atoms with E-state index in [1.165, 1.54) is 13.0 Å². The van der Waals surface area contributed by atoms with Crippen LogP contribution in [0.2, 0.25) is 0 Å². The number of esters is 2. The highest BCUT2D eigenvalue weighted by Gasteiger charge is 2.78. The number of fused-ring (bicyclic) bond motifs is 3. The number of carbonyl (C=O) groups is 3. The smallest absolute Gasteiger partial charge is 0.416 e. The lowest BCUT2D eigenvalue weighted by Gasteiger charge is -2.66. The number of Topliss-reactive ketones (excluding diaryl/α,β-unsaturated/α-hetero) is 1. The number of carbonyl (C=O) groups excluding carboxylic acids is 3. The molecule has 10 heteroatoms. The molecule has 1 aromatic carbocycles. The fourth-order valence-electron chi connectivity index (χ4n) is 8.83. The molecule has 7 nitrogen and oxygen atoms in total. The summed E-state index contributed by atoms with van der Waals surface area (Å²) in [6, 6.07) is 3.82. The second-order valence-electron chi connectivity index (χ2n) is 12.7. The minimum atomic E-state index is -4.68. The van der Waals surface area contributed by atoms with Crippen molar-refractivity contribution in [3.05, 3.63) is 47.5 Å². The number of aliphatic hydroxyl groups excluding tert-OH is 2. The molecule has 1 spiro atoms. The van der Waals surface area contributed by atoms with Crippen molar-refractivity contribution in [2.45, 2.75) is 77.4 Å². The van der Waals surface area contributed by atoms with Crippen LogP contribution in [-0.2, 0) is 25.2 Å². The number of aliphatic hydroxyl groups is 2. The molecule has 1 aromatic rings. The number of rotatable bonds is 4. The quantitative estimate of drug-likeness (QED) is 0.410. The van der Waals surface area contributed by atoms with E-state index in [2.05, 4.69) is 20.4 Å². The first kappa shape index (κ1) is 28.8.